The highest BCUT2D eigenvalue weighted by molar-refractivity contribution is 6.16. The number of rotatable bonds is 1. The highest BCUT2D eigenvalue weighted by atomic mass is 35.5. The van der Waals surface area contributed by atoms with Crippen LogP contribution in [0, 0.1) is 6.92 Å². The van der Waals surface area contributed by atoms with E-state index >= 15 is 0 Å². The third kappa shape index (κ3) is 1.27. The molecule has 68 valence electrons. The Labute approximate surface area is 80.6 Å². The maximum absolute atomic E-state index is 5.61. The van der Waals surface area contributed by atoms with Crippen molar-refractivity contribution in [1.29, 1.82) is 0 Å². The number of imidazole rings is 1. The van der Waals surface area contributed by atoms with E-state index in [0.717, 1.165) is 11.3 Å². The molecular formula is C8H9ClN4. The van der Waals surface area contributed by atoms with Crippen molar-refractivity contribution in [2.75, 3.05) is 0 Å². The van der Waals surface area contributed by atoms with Crippen molar-refractivity contribution in [3.05, 3.63) is 17.8 Å². The van der Waals surface area contributed by atoms with Crippen molar-refractivity contribution in [3.63, 3.8) is 0 Å². The number of halogens is 1. The van der Waals surface area contributed by atoms with E-state index < -0.39 is 0 Å². The first-order chi connectivity index (χ1) is 6.22. The van der Waals surface area contributed by atoms with Crippen LogP contribution in [-0.4, -0.2) is 19.5 Å². The molecule has 5 heteroatoms. The van der Waals surface area contributed by atoms with Crippen LogP contribution in [0.1, 0.15) is 11.6 Å². The van der Waals surface area contributed by atoms with E-state index in [9.17, 15) is 0 Å². The molecule has 0 aromatic carbocycles. The lowest BCUT2D eigenvalue weighted by atomic mass is 10.5. The molecule has 0 saturated carbocycles. The van der Waals surface area contributed by atoms with Crippen LogP contribution in [0.4, 0.5) is 0 Å². The number of hydrogen-bond acceptors (Lipinski definition) is 3. The van der Waals surface area contributed by atoms with Crippen LogP contribution in [0.5, 0.6) is 0 Å². The first-order valence-corrected chi connectivity index (χ1v) is 4.46. The molecule has 0 N–H and O–H groups in total. The van der Waals surface area contributed by atoms with Gasteiger partial charge in [-0.15, -0.1) is 11.6 Å². The highest BCUT2D eigenvalue weighted by Gasteiger charge is 2.06. The van der Waals surface area contributed by atoms with E-state index in [1.54, 1.807) is 6.20 Å². The van der Waals surface area contributed by atoms with Gasteiger partial charge >= 0.3 is 0 Å². The molecular weight excluding hydrogens is 188 g/mol. The molecule has 0 atom stereocenters. The second kappa shape index (κ2) is 2.96. The molecule has 2 aromatic rings. The van der Waals surface area contributed by atoms with E-state index in [-0.39, 0.29) is 0 Å². The van der Waals surface area contributed by atoms with Crippen LogP contribution in [0.3, 0.4) is 0 Å². The second-order valence-corrected chi connectivity index (χ2v) is 3.11. The fourth-order valence-corrected chi connectivity index (χ4v) is 1.32. The Bertz CT molecular complexity index is 449. The summed E-state index contributed by atoms with van der Waals surface area (Å²) >= 11 is 5.61. The predicted molar refractivity (Wildman–Crippen MR) is 50.6 cm³/mol. The normalized spacial score (nSPS) is 11.0. The van der Waals surface area contributed by atoms with Gasteiger partial charge in [-0.1, -0.05) is 0 Å². The van der Waals surface area contributed by atoms with Gasteiger partial charge in [-0.25, -0.2) is 15.0 Å². The Kier molecular flexibility index (Phi) is 1.92. The zero-order valence-electron chi connectivity index (χ0n) is 7.45. The summed E-state index contributed by atoms with van der Waals surface area (Å²) < 4.78 is 1.95. The Balaban J connectivity index is 2.73. The van der Waals surface area contributed by atoms with Crippen LogP contribution in [0.25, 0.3) is 11.2 Å². The lowest BCUT2D eigenvalue weighted by Crippen LogP contribution is -1.93. The zero-order chi connectivity index (χ0) is 9.42. The maximum Gasteiger partial charge on any atom is 0.181 e. The largest absolute Gasteiger partial charge is 0.329 e. The van der Waals surface area contributed by atoms with Crippen molar-refractivity contribution in [1.82, 2.24) is 19.5 Å². The molecule has 2 aromatic heterocycles. The second-order valence-electron chi connectivity index (χ2n) is 2.85. The molecule has 13 heavy (non-hydrogen) atoms. The lowest BCUT2D eigenvalue weighted by Gasteiger charge is -1.95. The number of fused-ring (bicyclic) bond motifs is 1. The fourth-order valence-electron chi connectivity index (χ4n) is 1.19. The minimum Gasteiger partial charge on any atom is -0.329 e. The average molecular weight is 197 g/mol. The maximum atomic E-state index is 5.61. The van der Waals surface area contributed by atoms with Crippen LogP contribution < -0.4 is 0 Å². The van der Waals surface area contributed by atoms with E-state index in [0.29, 0.717) is 17.4 Å². The smallest absolute Gasteiger partial charge is 0.181 e. The molecule has 0 aliphatic carbocycles. The van der Waals surface area contributed by atoms with Crippen LogP contribution in [-0.2, 0) is 12.9 Å². The minimum absolute atomic E-state index is 0.325. The quantitative estimate of drug-likeness (QED) is 0.648. The van der Waals surface area contributed by atoms with Crippen molar-refractivity contribution in [2.24, 2.45) is 7.05 Å². The van der Waals surface area contributed by atoms with Crippen LogP contribution in [0.2, 0.25) is 0 Å². The van der Waals surface area contributed by atoms with Crippen molar-refractivity contribution in [3.8, 4) is 0 Å². The Hall–Kier alpha value is -1.16. The van der Waals surface area contributed by atoms with Gasteiger partial charge in [0.1, 0.15) is 17.2 Å². The number of aryl methyl sites for hydroxylation is 2. The van der Waals surface area contributed by atoms with E-state index in [2.05, 4.69) is 15.0 Å². The number of aromatic nitrogens is 4. The molecule has 0 spiro atoms. The van der Waals surface area contributed by atoms with Gasteiger partial charge in [-0.05, 0) is 6.92 Å². The molecule has 0 saturated heterocycles. The summed E-state index contributed by atoms with van der Waals surface area (Å²) in [5.74, 6) is 1.87. The van der Waals surface area contributed by atoms with Crippen LogP contribution >= 0.6 is 11.6 Å². The van der Waals surface area contributed by atoms with Gasteiger partial charge in [0.2, 0.25) is 0 Å². The van der Waals surface area contributed by atoms with Crippen molar-refractivity contribution in [2.45, 2.75) is 12.8 Å². The fraction of sp³-hybridized carbons (Fsp3) is 0.375. The summed E-state index contributed by atoms with van der Waals surface area (Å²) in [6.07, 6.45) is 1.75. The number of hydrogen-bond donors (Lipinski definition) is 0. The standard InChI is InChI=1S/C8H9ClN4/c1-5-11-8-6(13(5)2)4-10-7(3-9)12-8/h4H,3H2,1-2H3. The first kappa shape index (κ1) is 8.44. The van der Waals surface area contributed by atoms with Crippen LogP contribution in [0.15, 0.2) is 6.20 Å². The summed E-state index contributed by atoms with van der Waals surface area (Å²) in [6, 6.07) is 0. The molecule has 2 rings (SSSR count). The highest BCUT2D eigenvalue weighted by Crippen LogP contribution is 2.11. The molecule has 0 unspecified atom stereocenters. The third-order valence-corrected chi connectivity index (χ3v) is 2.27. The van der Waals surface area contributed by atoms with Gasteiger partial charge in [0.25, 0.3) is 0 Å². The van der Waals surface area contributed by atoms with E-state index in [1.165, 1.54) is 0 Å². The van der Waals surface area contributed by atoms with Gasteiger partial charge in [0, 0.05) is 7.05 Å². The molecule has 0 bridgehead atoms. The summed E-state index contributed by atoms with van der Waals surface area (Å²) in [4.78, 5) is 12.6. The van der Waals surface area contributed by atoms with E-state index in [1.807, 2.05) is 18.5 Å². The van der Waals surface area contributed by atoms with Gasteiger partial charge in [-0.3, -0.25) is 0 Å². The summed E-state index contributed by atoms with van der Waals surface area (Å²) in [5, 5.41) is 0. The Morgan fingerprint density at radius 1 is 1.46 bits per heavy atom. The van der Waals surface area contributed by atoms with E-state index in [4.69, 9.17) is 11.6 Å². The Morgan fingerprint density at radius 3 is 2.92 bits per heavy atom. The molecule has 4 nitrogen and oxygen atoms in total. The van der Waals surface area contributed by atoms with Gasteiger partial charge < -0.3 is 4.57 Å². The first-order valence-electron chi connectivity index (χ1n) is 3.93. The molecule has 0 aliphatic rings. The summed E-state index contributed by atoms with van der Waals surface area (Å²) in [7, 11) is 1.94. The number of alkyl halides is 1. The number of nitrogens with zero attached hydrogens (tertiary/aromatic N) is 4. The van der Waals surface area contributed by atoms with Crippen molar-refractivity contribution >= 4 is 22.8 Å². The van der Waals surface area contributed by atoms with Gasteiger partial charge in [-0.2, -0.15) is 0 Å². The summed E-state index contributed by atoms with van der Waals surface area (Å²) in [5.41, 5.74) is 1.65. The SMILES string of the molecule is Cc1nc2nc(CCl)ncc2n1C. The van der Waals surface area contributed by atoms with Gasteiger partial charge in [0.15, 0.2) is 5.65 Å². The monoisotopic (exact) mass is 196 g/mol. The third-order valence-electron chi connectivity index (χ3n) is 2.03. The molecule has 0 radical (unpaired) electrons. The average Bonchev–Trinajstić information content (AvgIpc) is 2.42. The minimum atomic E-state index is 0.325. The molecule has 0 fully saturated rings. The topological polar surface area (TPSA) is 43.6 Å². The lowest BCUT2D eigenvalue weighted by molar-refractivity contribution is 0.883. The summed E-state index contributed by atoms with van der Waals surface area (Å²) in [6.45, 7) is 1.93. The zero-order valence-corrected chi connectivity index (χ0v) is 8.21. The van der Waals surface area contributed by atoms with Gasteiger partial charge in [0.05, 0.1) is 12.1 Å². The molecule has 0 amide bonds. The molecule has 0 aliphatic heterocycles. The van der Waals surface area contributed by atoms with Crippen molar-refractivity contribution < 1.29 is 0 Å². The molecule has 2 heterocycles. The Morgan fingerprint density at radius 2 is 2.23 bits per heavy atom. The predicted octanol–water partition coefficient (Wildman–Crippen LogP) is 1.41.